The van der Waals surface area contributed by atoms with E-state index in [4.69, 9.17) is 14.6 Å². The standard InChI is InChI=1S/C43H45N3O5/c1-6-8-18-37-38(39(42(49)50-7-2)44-46(37)34-22-19-31(20-23-34)29-14-10-9-11-15-29)35-24-21-32(41(48)51-43(3,4)5)27-36(35)40(47)45-26-25-30-16-12-13-17-33(30)28-45/h9-17,19-24,27H,6-8,18,25-26,28H2,1-5H3. The molecule has 1 aliphatic rings. The van der Waals surface area contributed by atoms with Crippen molar-refractivity contribution in [3.05, 3.63) is 131 Å². The Labute approximate surface area is 300 Å². The van der Waals surface area contributed by atoms with Gasteiger partial charge in [0.15, 0.2) is 5.69 Å². The first-order valence-corrected chi connectivity index (χ1v) is 17.8. The van der Waals surface area contributed by atoms with Gasteiger partial charge >= 0.3 is 11.9 Å². The molecule has 4 aromatic carbocycles. The number of nitrogens with zero attached hydrogens (tertiary/aromatic N) is 3. The van der Waals surface area contributed by atoms with Gasteiger partial charge in [0.05, 0.1) is 23.6 Å². The summed E-state index contributed by atoms with van der Waals surface area (Å²) in [5.41, 5.74) is 7.04. The normalized spacial score (nSPS) is 12.7. The molecule has 0 unspecified atom stereocenters. The summed E-state index contributed by atoms with van der Waals surface area (Å²) >= 11 is 0. The van der Waals surface area contributed by atoms with E-state index in [0.29, 0.717) is 36.2 Å². The highest BCUT2D eigenvalue weighted by Crippen LogP contribution is 2.36. The summed E-state index contributed by atoms with van der Waals surface area (Å²) in [6, 6.07) is 31.3. The first kappa shape index (κ1) is 35.3. The number of carbonyl (C=O) groups excluding carboxylic acids is 3. The summed E-state index contributed by atoms with van der Waals surface area (Å²) in [5, 5.41) is 4.90. The van der Waals surface area contributed by atoms with E-state index >= 15 is 0 Å². The lowest BCUT2D eigenvalue weighted by molar-refractivity contribution is 0.00692. The van der Waals surface area contributed by atoms with Crippen LogP contribution in [0.4, 0.5) is 0 Å². The molecule has 1 aromatic heterocycles. The summed E-state index contributed by atoms with van der Waals surface area (Å²) in [6.07, 6.45) is 3.04. The molecule has 6 rings (SSSR count). The van der Waals surface area contributed by atoms with Crippen molar-refractivity contribution in [2.24, 2.45) is 0 Å². The van der Waals surface area contributed by atoms with Gasteiger partial charge in [0, 0.05) is 24.2 Å². The third-order valence-corrected chi connectivity index (χ3v) is 9.01. The second-order valence-corrected chi connectivity index (χ2v) is 13.8. The largest absolute Gasteiger partial charge is 0.461 e. The van der Waals surface area contributed by atoms with Crippen molar-refractivity contribution in [1.82, 2.24) is 14.7 Å². The summed E-state index contributed by atoms with van der Waals surface area (Å²) in [4.78, 5) is 43.6. The van der Waals surface area contributed by atoms with Crippen LogP contribution in [0.1, 0.15) is 95.5 Å². The lowest BCUT2D eigenvalue weighted by Crippen LogP contribution is -2.36. The van der Waals surface area contributed by atoms with Gasteiger partial charge in [-0.1, -0.05) is 86.1 Å². The van der Waals surface area contributed by atoms with Crippen LogP contribution in [0.3, 0.4) is 0 Å². The fraction of sp³-hybridized carbons (Fsp3) is 0.302. The number of carbonyl (C=O) groups is 3. The lowest BCUT2D eigenvalue weighted by Gasteiger charge is -2.30. The molecule has 0 radical (unpaired) electrons. The third kappa shape index (κ3) is 7.80. The average Bonchev–Trinajstić information content (AvgIpc) is 3.52. The van der Waals surface area contributed by atoms with Crippen molar-refractivity contribution in [2.45, 2.75) is 72.4 Å². The van der Waals surface area contributed by atoms with Crippen molar-refractivity contribution in [2.75, 3.05) is 13.2 Å². The number of amides is 1. The first-order valence-electron chi connectivity index (χ1n) is 17.8. The number of fused-ring (bicyclic) bond motifs is 1. The fourth-order valence-electron chi connectivity index (χ4n) is 6.54. The maximum Gasteiger partial charge on any atom is 0.359 e. The summed E-state index contributed by atoms with van der Waals surface area (Å²) in [5.74, 6) is -1.34. The van der Waals surface area contributed by atoms with Crippen LogP contribution < -0.4 is 0 Å². The molecule has 262 valence electrons. The Morgan fingerprint density at radius 2 is 1.49 bits per heavy atom. The van der Waals surface area contributed by atoms with E-state index in [1.165, 1.54) is 5.56 Å². The molecule has 0 N–H and O–H groups in total. The minimum absolute atomic E-state index is 0.123. The SMILES string of the molecule is CCCCc1c(-c2ccc(C(=O)OC(C)(C)C)cc2C(=O)N2CCc3ccccc3C2)c(C(=O)OCC)nn1-c1ccc(-c2ccccc2)cc1. The topological polar surface area (TPSA) is 90.7 Å². The summed E-state index contributed by atoms with van der Waals surface area (Å²) < 4.78 is 13.1. The van der Waals surface area contributed by atoms with Crippen molar-refractivity contribution in [3.8, 4) is 27.9 Å². The van der Waals surface area contributed by atoms with E-state index in [1.807, 2.05) is 86.3 Å². The van der Waals surface area contributed by atoms with Gasteiger partial charge in [-0.15, -0.1) is 0 Å². The second kappa shape index (κ2) is 15.2. The minimum atomic E-state index is -0.724. The van der Waals surface area contributed by atoms with Crippen molar-refractivity contribution < 1.29 is 23.9 Å². The highest BCUT2D eigenvalue weighted by atomic mass is 16.6. The van der Waals surface area contributed by atoms with Gasteiger partial charge in [0.2, 0.25) is 0 Å². The predicted octanol–water partition coefficient (Wildman–Crippen LogP) is 8.88. The molecule has 8 heteroatoms. The number of aromatic nitrogens is 2. The van der Waals surface area contributed by atoms with Gasteiger partial charge in [-0.3, -0.25) is 4.79 Å². The molecular formula is C43H45N3O5. The van der Waals surface area contributed by atoms with Crippen LogP contribution in [0.2, 0.25) is 0 Å². The van der Waals surface area contributed by atoms with Crippen LogP contribution in [-0.4, -0.2) is 51.3 Å². The van der Waals surface area contributed by atoms with Gasteiger partial charge in [0.1, 0.15) is 5.60 Å². The van der Waals surface area contributed by atoms with Crippen LogP contribution in [0, 0.1) is 0 Å². The van der Waals surface area contributed by atoms with E-state index in [0.717, 1.165) is 47.3 Å². The van der Waals surface area contributed by atoms with Gasteiger partial charge in [-0.05, 0) is 99.0 Å². The van der Waals surface area contributed by atoms with E-state index in [9.17, 15) is 14.4 Å². The van der Waals surface area contributed by atoms with Gasteiger partial charge < -0.3 is 14.4 Å². The Hall–Kier alpha value is -5.50. The molecule has 0 fully saturated rings. The van der Waals surface area contributed by atoms with E-state index in [-0.39, 0.29) is 23.8 Å². The van der Waals surface area contributed by atoms with Gasteiger partial charge in [0.25, 0.3) is 5.91 Å². The van der Waals surface area contributed by atoms with Crippen LogP contribution in [0.5, 0.6) is 0 Å². The summed E-state index contributed by atoms with van der Waals surface area (Å²) in [6.45, 7) is 10.4. The zero-order valence-corrected chi connectivity index (χ0v) is 30.1. The maximum absolute atomic E-state index is 14.7. The van der Waals surface area contributed by atoms with E-state index in [2.05, 4.69) is 25.1 Å². The Kier molecular flexibility index (Phi) is 10.5. The molecule has 0 bridgehead atoms. The highest BCUT2D eigenvalue weighted by molar-refractivity contribution is 6.07. The Morgan fingerprint density at radius 3 is 2.18 bits per heavy atom. The molecule has 8 nitrogen and oxygen atoms in total. The first-order chi connectivity index (χ1) is 24.6. The van der Waals surface area contributed by atoms with Gasteiger partial charge in [-0.25, -0.2) is 14.3 Å². The smallest absolute Gasteiger partial charge is 0.359 e. The molecule has 1 aliphatic heterocycles. The van der Waals surface area contributed by atoms with Crippen molar-refractivity contribution in [1.29, 1.82) is 0 Å². The summed E-state index contributed by atoms with van der Waals surface area (Å²) in [7, 11) is 0. The van der Waals surface area contributed by atoms with Crippen LogP contribution >= 0.6 is 0 Å². The zero-order valence-electron chi connectivity index (χ0n) is 30.1. The second-order valence-electron chi connectivity index (χ2n) is 13.8. The monoisotopic (exact) mass is 683 g/mol. The third-order valence-electron chi connectivity index (χ3n) is 9.01. The van der Waals surface area contributed by atoms with Crippen molar-refractivity contribution in [3.63, 3.8) is 0 Å². The minimum Gasteiger partial charge on any atom is -0.461 e. The van der Waals surface area contributed by atoms with E-state index in [1.54, 1.807) is 29.8 Å². The number of hydrogen-bond donors (Lipinski definition) is 0. The van der Waals surface area contributed by atoms with Crippen molar-refractivity contribution >= 4 is 17.8 Å². The molecular weight excluding hydrogens is 638 g/mol. The molecule has 5 aromatic rings. The number of ether oxygens (including phenoxy) is 2. The highest BCUT2D eigenvalue weighted by Gasteiger charge is 2.32. The molecule has 0 saturated carbocycles. The van der Waals surface area contributed by atoms with Crippen LogP contribution in [-0.2, 0) is 28.9 Å². The number of hydrogen-bond acceptors (Lipinski definition) is 6. The molecule has 0 spiro atoms. The maximum atomic E-state index is 14.7. The van der Waals surface area contributed by atoms with Crippen LogP contribution in [0.15, 0.2) is 97.1 Å². The molecule has 2 heterocycles. The molecule has 1 amide bonds. The predicted molar refractivity (Wildman–Crippen MR) is 199 cm³/mol. The fourth-order valence-corrected chi connectivity index (χ4v) is 6.54. The Bertz CT molecular complexity index is 2040. The lowest BCUT2D eigenvalue weighted by atomic mass is 9.92. The number of unbranched alkanes of at least 4 members (excludes halogenated alkanes) is 1. The number of benzene rings is 4. The molecule has 0 atom stereocenters. The average molecular weight is 684 g/mol. The Balaban J connectivity index is 1.53. The zero-order chi connectivity index (χ0) is 36.1. The van der Waals surface area contributed by atoms with Crippen LogP contribution in [0.25, 0.3) is 27.9 Å². The molecule has 0 saturated heterocycles. The number of esters is 2. The molecule has 0 aliphatic carbocycles. The molecule has 51 heavy (non-hydrogen) atoms. The number of rotatable bonds is 10. The quantitative estimate of drug-likeness (QED) is 0.137. The Morgan fingerprint density at radius 1 is 0.804 bits per heavy atom. The van der Waals surface area contributed by atoms with Gasteiger partial charge in [-0.2, -0.15) is 5.10 Å². The van der Waals surface area contributed by atoms with E-state index < -0.39 is 17.5 Å².